The van der Waals surface area contributed by atoms with Crippen molar-refractivity contribution in [3.05, 3.63) is 34.5 Å². The largest absolute Gasteiger partial charge is 0.491 e. The number of nitrogens with zero attached hydrogens (tertiary/aromatic N) is 1. The fraction of sp³-hybridized carbons (Fsp3) is 0.500. The van der Waals surface area contributed by atoms with Crippen molar-refractivity contribution in [2.45, 2.75) is 38.9 Å². The van der Waals surface area contributed by atoms with Crippen molar-refractivity contribution in [3.8, 4) is 0 Å². The van der Waals surface area contributed by atoms with E-state index in [2.05, 4.69) is 17.6 Å². The first-order valence-electron chi connectivity index (χ1n) is 6.54. The van der Waals surface area contributed by atoms with Gasteiger partial charge in [-0.25, -0.2) is 4.98 Å². The van der Waals surface area contributed by atoms with E-state index in [0.717, 1.165) is 11.0 Å². The van der Waals surface area contributed by atoms with Crippen LogP contribution in [0.25, 0.3) is 6.08 Å². The first-order valence-corrected chi connectivity index (χ1v) is 7.55. The molecule has 0 amide bonds. The summed E-state index contributed by atoms with van der Waals surface area (Å²) in [6.07, 6.45) is 3.66. The summed E-state index contributed by atoms with van der Waals surface area (Å²) in [7, 11) is -0.385. The molecule has 0 saturated carbocycles. The third-order valence-corrected chi connectivity index (χ3v) is 4.41. The molecule has 3 nitrogen and oxygen atoms in total. The first kappa shape index (κ1) is 15.9. The van der Waals surface area contributed by atoms with Gasteiger partial charge in [-0.05, 0) is 50.9 Å². The molecule has 1 saturated heterocycles. The summed E-state index contributed by atoms with van der Waals surface area (Å²) in [5.41, 5.74) is 1.23. The lowest BCUT2D eigenvalue weighted by Crippen LogP contribution is -2.41. The van der Waals surface area contributed by atoms with Crippen molar-refractivity contribution in [2.24, 2.45) is 0 Å². The van der Waals surface area contributed by atoms with E-state index in [9.17, 15) is 0 Å². The van der Waals surface area contributed by atoms with E-state index in [1.807, 2.05) is 39.8 Å². The fourth-order valence-electron chi connectivity index (χ4n) is 1.90. The fourth-order valence-corrected chi connectivity index (χ4v) is 2.33. The summed E-state index contributed by atoms with van der Waals surface area (Å²) in [4.78, 5) is 3.97. The molecule has 20 heavy (non-hydrogen) atoms. The summed E-state index contributed by atoms with van der Waals surface area (Å²) in [6, 6.07) is 3.69. The molecular formula is C14H19BClNO2S. The van der Waals surface area contributed by atoms with Gasteiger partial charge in [0.25, 0.3) is 0 Å². The molecule has 0 bridgehead atoms. The van der Waals surface area contributed by atoms with Crippen molar-refractivity contribution >= 4 is 37.4 Å². The van der Waals surface area contributed by atoms with Crippen LogP contribution in [0.1, 0.15) is 33.3 Å². The minimum Gasteiger partial charge on any atom is -0.400 e. The minimum absolute atomic E-state index is 0.352. The molecule has 0 aliphatic carbocycles. The third kappa shape index (κ3) is 3.22. The van der Waals surface area contributed by atoms with Crippen molar-refractivity contribution < 1.29 is 9.31 Å². The Hall–Kier alpha value is -0.485. The van der Waals surface area contributed by atoms with Crippen LogP contribution in [0.4, 0.5) is 0 Å². The Kier molecular flexibility index (Phi) is 4.55. The number of pyridine rings is 1. The number of aromatic nitrogens is 1. The highest BCUT2D eigenvalue weighted by atomic mass is 35.5. The zero-order chi connectivity index (χ0) is 15.0. The lowest BCUT2D eigenvalue weighted by atomic mass is 9.78. The van der Waals surface area contributed by atoms with Crippen molar-refractivity contribution in [2.75, 3.05) is 5.75 Å². The van der Waals surface area contributed by atoms with Crippen LogP contribution < -0.4 is 0 Å². The average Bonchev–Trinajstić information content (AvgIpc) is 2.55. The van der Waals surface area contributed by atoms with Crippen LogP contribution in [0.5, 0.6) is 0 Å². The van der Waals surface area contributed by atoms with Crippen molar-refractivity contribution in [3.63, 3.8) is 0 Å². The van der Waals surface area contributed by atoms with Gasteiger partial charge in [0.15, 0.2) is 0 Å². The Balaban J connectivity index is 2.26. The van der Waals surface area contributed by atoms with Gasteiger partial charge in [0, 0.05) is 11.9 Å². The van der Waals surface area contributed by atoms with E-state index in [-0.39, 0.29) is 18.3 Å². The van der Waals surface area contributed by atoms with E-state index in [0.29, 0.717) is 10.9 Å². The van der Waals surface area contributed by atoms with Crippen LogP contribution in [-0.4, -0.2) is 29.1 Å². The summed E-state index contributed by atoms with van der Waals surface area (Å²) in [6.45, 7) is 8.14. The normalized spacial score (nSPS) is 21.3. The smallest absolute Gasteiger partial charge is 0.400 e. The Morgan fingerprint density at radius 3 is 2.45 bits per heavy atom. The Morgan fingerprint density at radius 2 is 1.95 bits per heavy atom. The van der Waals surface area contributed by atoms with Gasteiger partial charge in [0.1, 0.15) is 5.15 Å². The van der Waals surface area contributed by atoms with Gasteiger partial charge in [-0.3, -0.25) is 0 Å². The highest BCUT2D eigenvalue weighted by Gasteiger charge is 2.52. The van der Waals surface area contributed by atoms with Crippen LogP contribution in [-0.2, 0) is 9.31 Å². The van der Waals surface area contributed by atoms with Crippen LogP contribution in [0.2, 0.25) is 5.15 Å². The molecule has 0 N–H and O–H groups in total. The van der Waals surface area contributed by atoms with Gasteiger partial charge in [-0.1, -0.05) is 17.7 Å². The monoisotopic (exact) mass is 311 g/mol. The molecule has 1 aromatic rings. The van der Waals surface area contributed by atoms with Crippen LogP contribution in [0.3, 0.4) is 0 Å². The van der Waals surface area contributed by atoms with E-state index < -0.39 is 0 Å². The van der Waals surface area contributed by atoms with Gasteiger partial charge < -0.3 is 9.31 Å². The van der Waals surface area contributed by atoms with E-state index in [1.165, 1.54) is 0 Å². The Bertz CT molecular complexity index is 518. The van der Waals surface area contributed by atoms with E-state index >= 15 is 0 Å². The number of hydrogen-bond acceptors (Lipinski definition) is 4. The molecule has 0 radical (unpaired) electrons. The van der Waals surface area contributed by atoms with Crippen LogP contribution in [0, 0.1) is 0 Å². The van der Waals surface area contributed by atoms with Gasteiger partial charge >= 0.3 is 7.12 Å². The minimum atomic E-state index is -0.385. The molecular weight excluding hydrogens is 292 g/mol. The maximum Gasteiger partial charge on any atom is 0.491 e. The molecule has 2 heterocycles. The molecule has 0 spiro atoms. The number of halogens is 1. The first-order chi connectivity index (χ1) is 9.25. The zero-order valence-corrected chi connectivity index (χ0v) is 13.8. The highest BCUT2D eigenvalue weighted by molar-refractivity contribution is 7.80. The maximum atomic E-state index is 6.03. The van der Waals surface area contributed by atoms with Crippen molar-refractivity contribution in [1.82, 2.24) is 4.98 Å². The summed E-state index contributed by atoms with van der Waals surface area (Å²) in [5, 5.41) is 0.464. The molecule has 1 aromatic heterocycles. The third-order valence-electron chi connectivity index (χ3n) is 3.84. The van der Waals surface area contributed by atoms with Gasteiger partial charge in [-0.15, -0.1) is 0 Å². The number of hydrogen-bond donors (Lipinski definition) is 1. The number of rotatable bonds is 3. The quantitative estimate of drug-likeness (QED) is 0.525. The van der Waals surface area contributed by atoms with Gasteiger partial charge in [-0.2, -0.15) is 12.6 Å². The van der Waals surface area contributed by atoms with Gasteiger partial charge in [0.05, 0.1) is 11.2 Å². The molecule has 0 atom stereocenters. The Labute approximate surface area is 131 Å². The summed E-state index contributed by atoms with van der Waals surface area (Å²) < 4.78 is 12.1. The average molecular weight is 312 g/mol. The molecule has 1 fully saturated rings. The van der Waals surface area contributed by atoms with E-state index in [4.69, 9.17) is 20.9 Å². The zero-order valence-electron chi connectivity index (χ0n) is 12.2. The molecule has 0 aromatic carbocycles. The number of thiol groups is 1. The van der Waals surface area contributed by atoms with Gasteiger partial charge in [0.2, 0.25) is 0 Å². The molecule has 2 rings (SSSR count). The standard InChI is InChI=1S/C14H19BClNO2S/c1-13(2)14(3,4)19-15(18-13)11(9-20)7-10-5-6-17-12(16)8-10/h5-8,20H,9H2,1-4H3. The second-order valence-electron chi connectivity index (χ2n) is 5.88. The van der Waals surface area contributed by atoms with Crippen LogP contribution in [0.15, 0.2) is 23.8 Å². The lowest BCUT2D eigenvalue weighted by Gasteiger charge is -2.32. The molecule has 6 heteroatoms. The molecule has 0 unspecified atom stereocenters. The lowest BCUT2D eigenvalue weighted by molar-refractivity contribution is 0.00578. The SMILES string of the molecule is CC1(C)OB(C(=Cc2ccnc(Cl)c2)CS)OC1(C)C. The molecule has 1 aliphatic rings. The topological polar surface area (TPSA) is 31.4 Å². The summed E-state index contributed by atoms with van der Waals surface area (Å²) in [5.74, 6) is 0.552. The summed E-state index contributed by atoms with van der Waals surface area (Å²) >= 11 is 10.3. The molecule has 1 aliphatic heterocycles. The maximum absolute atomic E-state index is 6.03. The van der Waals surface area contributed by atoms with E-state index in [1.54, 1.807) is 12.3 Å². The Morgan fingerprint density at radius 1 is 1.35 bits per heavy atom. The van der Waals surface area contributed by atoms with Crippen LogP contribution >= 0.6 is 24.2 Å². The predicted molar refractivity (Wildman–Crippen MR) is 87.2 cm³/mol. The highest BCUT2D eigenvalue weighted by Crippen LogP contribution is 2.39. The predicted octanol–water partition coefficient (Wildman–Crippen LogP) is 3.68. The second-order valence-corrected chi connectivity index (χ2v) is 6.58. The molecule has 108 valence electrons. The second kappa shape index (κ2) is 5.72. The van der Waals surface area contributed by atoms with Crippen molar-refractivity contribution in [1.29, 1.82) is 0 Å².